The molecule has 1 fully saturated rings. The lowest BCUT2D eigenvalue weighted by molar-refractivity contribution is 0.158. The van der Waals surface area contributed by atoms with Crippen molar-refractivity contribution in [3.63, 3.8) is 0 Å². The molecule has 3 heterocycles. The molecule has 0 aliphatic carbocycles. The lowest BCUT2D eigenvalue weighted by atomic mass is 9.89. The maximum absolute atomic E-state index is 12.2. The number of sulfonamides is 1. The maximum atomic E-state index is 12.2. The van der Waals surface area contributed by atoms with Crippen molar-refractivity contribution in [3.05, 3.63) is 24.4 Å². The van der Waals surface area contributed by atoms with E-state index in [1.165, 1.54) is 12.3 Å². The van der Waals surface area contributed by atoms with Gasteiger partial charge in [0.15, 0.2) is 10.9 Å². The molecule has 4 N–H and O–H groups in total. The number of carbonyl (C=O) groups excluding carboxylic acids is 1. The smallest absolute Gasteiger partial charge is 0.413 e. The van der Waals surface area contributed by atoms with E-state index in [4.69, 9.17) is 22.1 Å². The molecule has 2 aromatic heterocycles. The van der Waals surface area contributed by atoms with E-state index in [0.717, 1.165) is 6.42 Å². The van der Waals surface area contributed by atoms with Crippen LogP contribution in [0.5, 0.6) is 0 Å². The number of thiocarbonyl (C=S) groups is 1. The first-order chi connectivity index (χ1) is 14.5. The maximum Gasteiger partial charge on any atom is 0.413 e. The predicted molar refractivity (Wildman–Crippen MR) is 119 cm³/mol. The number of carbonyl (C=O) groups is 1. The van der Waals surface area contributed by atoms with Gasteiger partial charge in [0.05, 0.1) is 12.3 Å². The fraction of sp³-hybridized carbons (Fsp3) is 0.389. The summed E-state index contributed by atoms with van der Waals surface area (Å²) in [4.78, 5) is 17.6. The molecule has 0 saturated carbocycles. The predicted octanol–water partition coefficient (Wildman–Crippen LogP) is 1.62. The number of amides is 1. The van der Waals surface area contributed by atoms with E-state index < -0.39 is 16.1 Å². The summed E-state index contributed by atoms with van der Waals surface area (Å²) in [5.74, 6) is 0.605. The van der Waals surface area contributed by atoms with E-state index >= 15 is 0 Å². The minimum Gasteiger partial charge on any atom is -0.450 e. The van der Waals surface area contributed by atoms with Gasteiger partial charge in [-0.15, -0.1) is 10.2 Å². The molecule has 0 radical (unpaired) electrons. The van der Waals surface area contributed by atoms with Crippen molar-refractivity contribution < 1.29 is 17.9 Å². The van der Waals surface area contributed by atoms with Gasteiger partial charge < -0.3 is 15.0 Å². The number of aromatic nitrogens is 3. The number of rotatable bonds is 5. The average molecular weight is 466 g/mol. The van der Waals surface area contributed by atoms with Crippen LogP contribution in [0.3, 0.4) is 0 Å². The Balaban J connectivity index is 1.81. The molecule has 1 saturated heterocycles. The number of primary sulfonamides is 1. The molecule has 0 atom stereocenters. The van der Waals surface area contributed by atoms with Crippen molar-refractivity contribution in [2.45, 2.75) is 37.6 Å². The van der Waals surface area contributed by atoms with Crippen LogP contribution < -0.4 is 20.7 Å². The molecule has 1 aliphatic heterocycles. The van der Waals surface area contributed by atoms with Crippen LogP contribution in [0.1, 0.15) is 27.2 Å². The largest absolute Gasteiger partial charge is 0.450 e. The van der Waals surface area contributed by atoms with Crippen molar-refractivity contribution in [1.29, 1.82) is 0 Å². The highest BCUT2D eigenvalue weighted by molar-refractivity contribution is 7.89. The molecule has 0 unspecified atom stereocenters. The Labute approximate surface area is 185 Å². The van der Waals surface area contributed by atoms with Gasteiger partial charge >= 0.3 is 6.09 Å². The zero-order valence-electron chi connectivity index (χ0n) is 17.2. The van der Waals surface area contributed by atoms with Crippen LogP contribution in [0.2, 0.25) is 0 Å². The first-order valence-corrected chi connectivity index (χ1v) is 11.4. The summed E-state index contributed by atoms with van der Waals surface area (Å²) in [7, 11) is -4.01. The Morgan fingerprint density at radius 2 is 2.10 bits per heavy atom. The van der Waals surface area contributed by atoms with Gasteiger partial charge in [0.2, 0.25) is 10.0 Å². The number of anilines is 2. The Morgan fingerprint density at radius 1 is 1.35 bits per heavy atom. The van der Waals surface area contributed by atoms with E-state index in [1.807, 2.05) is 18.7 Å². The van der Waals surface area contributed by atoms with E-state index in [-0.39, 0.29) is 28.0 Å². The van der Waals surface area contributed by atoms with Crippen molar-refractivity contribution in [1.82, 2.24) is 20.5 Å². The van der Waals surface area contributed by atoms with Gasteiger partial charge in [-0.1, -0.05) is 0 Å². The van der Waals surface area contributed by atoms with E-state index in [9.17, 15) is 13.2 Å². The average Bonchev–Trinajstić information content (AvgIpc) is 2.67. The highest BCUT2D eigenvalue weighted by atomic mass is 32.2. The summed E-state index contributed by atoms with van der Waals surface area (Å²) >= 11 is 5.00. The number of nitrogens with zero attached hydrogens (tertiary/aromatic N) is 4. The third-order valence-corrected chi connectivity index (χ3v) is 5.88. The van der Waals surface area contributed by atoms with Gasteiger partial charge in [-0.05, 0) is 57.6 Å². The quantitative estimate of drug-likeness (QED) is 0.555. The summed E-state index contributed by atoms with van der Waals surface area (Å²) in [6.45, 7) is 6.61. The van der Waals surface area contributed by atoms with Crippen molar-refractivity contribution in [3.8, 4) is 11.3 Å². The second kappa shape index (κ2) is 8.69. The van der Waals surface area contributed by atoms with Gasteiger partial charge in [-0.25, -0.2) is 23.3 Å². The lowest BCUT2D eigenvalue weighted by Crippen LogP contribution is -2.56. The fourth-order valence-electron chi connectivity index (χ4n) is 3.01. The van der Waals surface area contributed by atoms with E-state index in [2.05, 4.69) is 25.8 Å². The number of hydrogen-bond donors (Lipinski definition) is 3. The first-order valence-electron chi connectivity index (χ1n) is 9.40. The Hall–Kier alpha value is -2.90. The monoisotopic (exact) mass is 465 g/mol. The van der Waals surface area contributed by atoms with Gasteiger partial charge in [0.1, 0.15) is 10.7 Å². The minimum absolute atomic E-state index is 0.000179. The molecule has 1 aliphatic rings. The van der Waals surface area contributed by atoms with Gasteiger partial charge in [-0.3, -0.25) is 5.32 Å². The molecule has 1 amide bonds. The zero-order valence-corrected chi connectivity index (χ0v) is 18.9. The number of pyridine rings is 1. The second-order valence-corrected chi connectivity index (χ2v) is 9.35. The molecular weight excluding hydrogens is 442 g/mol. The normalized spacial score (nSPS) is 15.0. The molecule has 0 bridgehead atoms. The molecule has 3 rings (SSSR count). The van der Waals surface area contributed by atoms with Crippen LogP contribution in [0.15, 0.2) is 29.3 Å². The molecule has 13 heteroatoms. The third-order valence-electron chi connectivity index (χ3n) is 4.77. The van der Waals surface area contributed by atoms with E-state index in [1.54, 1.807) is 19.1 Å². The summed E-state index contributed by atoms with van der Waals surface area (Å²) in [5, 5.41) is 18.5. The summed E-state index contributed by atoms with van der Waals surface area (Å²) in [6, 6.07) is 4.63. The molecule has 2 aromatic rings. The van der Waals surface area contributed by atoms with Crippen molar-refractivity contribution >= 4 is 45.1 Å². The number of nitrogens with two attached hydrogens (primary N) is 1. The van der Waals surface area contributed by atoms with E-state index in [0.29, 0.717) is 23.6 Å². The molecule has 31 heavy (non-hydrogen) atoms. The fourth-order valence-corrected chi connectivity index (χ4v) is 3.91. The number of ether oxygens (including phenoxy) is 1. The number of alkyl carbamates (subject to hydrolysis) is 1. The first kappa shape index (κ1) is 22.8. The summed E-state index contributed by atoms with van der Waals surface area (Å²) in [6.07, 6.45) is 1.77. The van der Waals surface area contributed by atoms with Crippen LogP contribution in [0.4, 0.5) is 16.4 Å². The summed E-state index contributed by atoms with van der Waals surface area (Å²) in [5.41, 5.74) is 0.635. The number of nitrogens with one attached hydrogen (secondary N) is 2. The molecule has 11 nitrogen and oxygen atoms in total. The van der Waals surface area contributed by atoms with Crippen LogP contribution in [0, 0.1) is 0 Å². The van der Waals surface area contributed by atoms with Gasteiger partial charge in [0, 0.05) is 23.8 Å². The van der Waals surface area contributed by atoms with Crippen LogP contribution >= 0.6 is 12.2 Å². The van der Waals surface area contributed by atoms with Crippen LogP contribution in [0.25, 0.3) is 11.3 Å². The lowest BCUT2D eigenvalue weighted by Gasteiger charge is -2.49. The highest BCUT2D eigenvalue weighted by Gasteiger charge is 2.39. The zero-order chi connectivity index (χ0) is 22.8. The number of hydrogen-bond acceptors (Lipinski definition) is 9. The Morgan fingerprint density at radius 3 is 2.61 bits per heavy atom. The van der Waals surface area contributed by atoms with Gasteiger partial charge in [0.25, 0.3) is 0 Å². The molecule has 0 spiro atoms. The Bertz CT molecular complexity index is 1100. The van der Waals surface area contributed by atoms with Gasteiger partial charge in [-0.2, -0.15) is 0 Å². The molecular formula is C18H23N7O4S2. The SMILES string of the molecule is CCOC(=O)NC(=S)Nc1ccc(-c2cnc(N3CCC3(C)C)c(S(N)(=O)=O)c2)nn1. The van der Waals surface area contributed by atoms with Crippen LogP contribution in [-0.4, -0.2) is 53.5 Å². The highest BCUT2D eigenvalue weighted by Crippen LogP contribution is 2.38. The summed E-state index contributed by atoms with van der Waals surface area (Å²) < 4.78 is 29.2. The molecule has 0 aromatic carbocycles. The topological polar surface area (TPSA) is 152 Å². The van der Waals surface area contributed by atoms with Crippen molar-refractivity contribution in [2.75, 3.05) is 23.4 Å². The minimum atomic E-state index is -4.01. The third kappa shape index (κ3) is 5.24. The molecule has 166 valence electrons. The standard InChI is InChI=1S/C18H23N7O4S2/c1-4-29-17(26)22-16(30)21-14-6-5-12(23-24-14)11-9-13(31(19,27)28)15(20-10-11)25-8-7-18(25,2)3/h5-6,9-10H,4,7-8H2,1-3H3,(H2,19,27,28)(H2,21,22,24,26,30). The Kier molecular flexibility index (Phi) is 6.38. The van der Waals surface area contributed by atoms with Crippen molar-refractivity contribution in [2.24, 2.45) is 5.14 Å². The van der Waals surface area contributed by atoms with Crippen LogP contribution in [-0.2, 0) is 14.8 Å². The second-order valence-electron chi connectivity index (χ2n) is 7.41.